The van der Waals surface area contributed by atoms with Gasteiger partial charge in [0.15, 0.2) is 0 Å². The summed E-state index contributed by atoms with van der Waals surface area (Å²) in [7, 11) is 0. The molecule has 2 atom stereocenters. The monoisotopic (exact) mass is 570 g/mol. The molecule has 1 nitrogen and oxygen atoms in total. The zero-order valence-electron chi connectivity index (χ0n) is 24.4. The van der Waals surface area contributed by atoms with Gasteiger partial charge in [-0.05, 0) is 87.4 Å². The number of hydrogen-bond acceptors (Lipinski definition) is 1. The molecule has 0 saturated carbocycles. The average Bonchev–Trinajstić information content (AvgIpc) is 3.48. The highest BCUT2D eigenvalue weighted by atomic mass is 16.5. The Hall–Kier alpha value is -5.66. The van der Waals surface area contributed by atoms with Crippen molar-refractivity contribution in [1.29, 1.82) is 0 Å². The van der Waals surface area contributed by atoms with Crippen LogP contribution in [0.25, 0.3) is 81.3 Å². The quantitative estimate of drug-likeness (QED) is 0.188. The Labute approximate surface area is 260 Å². The minimum absolute atomic E-state index is 0.00975. The van der Waals surface area contributed by atoms with E-state index in [1.165, 1.54) is 92.5 Å². The van der Waals surface area contributed by atoms with Crippen LogP contribution in [-0.4, -0.2) is 6.10 Å². The van der Waals surface area contributed by atoms with Crippen molar-refractivity contribution in [2.75, 3.05) is 0 Å². The summed E-state index contributed by atoms with van der Waals surface area (Å²) in [5.41, 5.74) is 6.22. The predicted molar refractivity (Wildman–Crippen MR) is 190 cm³/mol. The normalized spacial score (nSPS) is 17.6. The van der Waals surface area contributed by atoms with Crippen LogP contribution in [0.2, 0.25) is 0 Å². The zero-order chi connectivity index (χ0) is 29.2. The molecule has 0 fully saturated rings. The minimum Gasteiger partial charge on any atom is -0.484 e. The van der Waals surface area contributed by atoms with Crippen molar-refractivity contribution in [1.82, 2.24) is 0 Å². The second-order valence-corrected chi connectivity index (χ2v) is 12.8. The summed E-state index contributed by atoms with van der Waals surface area (Å²) in [5.74, 6) is 1.18. The zero-order valence-corrected chi connectivity index (χ0v) is 24.4. The van der Waals surface area contributed by atoms with Crippen LogP contribution in [0.15, 0.2) is 146 Å². The molecule has 45 heavy (non-hydrogen) atoms. The van der Waals surface area contributed by atoms with Crippen molar-refractivity contribution in [3.05, 3.63) is 157 Å². The van der Waals surface area contributed by atoms with E-state index < -0.39 is 0 Å². The Morgan fingerprint density at radius 2 is 0.933 bits per heavy atom. The number of hydrogen-bond donors (Lipinski definition) is 0. The van der Waals surface area contributed by atoms with E-state index in [1.807, 2.05) is 0 Å². The summed E-state index contributed by atoms with van der Waals surface area (Å²) in [4.78, 5) is 0. The van der Waals surface area contributed by atoms with Gasteiger partial charge in [0.05, 0.1) is 0 Å². The first kappa shape index (κ1) is 23.8. The van der Waals surface area contributed by atoms with Gasteiger partial charge in [0, 0.05) is 17.0 Å². The summed E-state index contributed by atoms with van der Waals surface area (Å²) in [6, 6.07) is 47.2. The second-order valence-electron chi connectivity index (χ2n) is 12.8. The molecule has 2 unspecified atom stereocenters. The van der Waals surface area contributed by atoms with Crippen molar-refractivity contribution in [2.24, 2.45) is 0 Å². The Morgan fingerprint density at radius 3 is 1.58 bits per heavy atom. The summed E-state index contributed by atoms with van der Waals surface area (Å²) < 4.78 is 6.82. The van der Waals surface area contributed by atoms with Gasteiger partial charge in [0.25, 0.3) is 0 Å². The van der Waals surface area contributed by atoms with Crippen molar-refractivity contribution < 1.29 is 4.74 Å². The third-order valence-corrected chi connectivity index (χ3v) is 10.5. The molecule has 0 N–H and O–H groups in total. The van der Waals surface area contributed by atoms with E-state index in [4.69, 9.17) is 4.74 Å². The maximum atomic E-state index is 6.82. The lowest BCUT2D eigenvalue weighted by molar-refractivity contribution is 0.270. The Balaban J connectivity index is 1.08. The number of benzene rings is 9. The van der Waals surface area contributed by atoms with Crippen molar-refractivity contribution >= 4 is 70.2 Å². The van der Waals surface area contributed by atoms with E-state index in [0.29, 0.717) is 0 Å². The summed E-state index contributed by atoms with van der Waals surface area (Å²) in [6.07, 6.45) is 6.97. The molecular formula is C44H26O. The van der Waals surface area contributed by atoms with Gasteiger partial charge in [-0.15, -0.1) is 0 Å². The van der Waals surface area contributed by atoms with Crippen LogP contribution in [0.3, 0.4) is 0 Å². The van der Waals surface area contributed by atoms with Crippen LogP contribution < -0.4 is 4.74 Å². The lowest BCUT2D eigenvalue weighted by Gasteiger charge is -2.20. The molecule has 2 aliphatic rings. The number of fused-ring (bicyclic) bond motifs is 3. The van der Waals surface area contributed by atoms with Crippen LogP contribution in [0.5, 0.6) is 5.75 Å². The molecule has 0 aromatic heterocycles. The average molecular weight is 571 g/mol. The van der Waals surface area contributed by atoms with Gasteiger partial charge in [0.2, 0.25) is 0 Å². The molecule has 0 bridgehead atoms. The third-order valence-electron chi connectivity index (χ3n) is 10.5. The highest BCUT2D eigenvalue weighted by molar-refractivity contribution is 6.26. The molecule has 0 amide bonds. The highest BCUT2D eigenvalue weighted by Gasteiger charge is 2.35. The molecule has 11 rings (SSSR count). The number of para-hydroxylation sites is 1. The third kappa shape index (κ3) is 3.12. The van der Waals surface area contributed by atoms with Crippen LogP contribution in [0.4, 0.5) is 0 Å². The summed E-state index contributed by atoms with van der Waals surface area (Å²) in [6.45, 7) is 0. The molecule has 0 spiro atoms. The fourth-order valence-corrected chi connectivity index (χ4v) is 8.48. The van der Waals surface area contributed by atoms with Crippen LogP contribution >= 0.6 is 0 Å². The summed E-state index contributed by atoms with van der Waals surface area (Å²) >= 11 is 0. The maximum Gasteiger partial charge on any atom is 0.132 e. The predicted octanol–water partition coefficient (Wildman–Crippen LogP) is 11.6. The van der Waals surface area contributed by atoms with E-state index in [0.717, 1.165) is 5.75 Å². The lowest BCUT2D eigenvalue weighted by Crippen LogP contribution is -2.17. The number of allylic oxidation sites excluding steroid dienone is 2. The van der Waals surface area contributed by atoms with Gasteiger partial charge in [-0.3, -0.25) is 0 Å². The molecular weight excluding hydrogens is 544 g/mol. The Bertz CT molecular complexity index is 2710. The SMILES string of the molecule is C1=CC2Oc3c(-c4ccc5ccc6cccc7ccc4c5c67)cccc3C2C=C1c1ccc2ccc3cccc4ccc1c2c34. The van der Waals surface area contributed by atoms with Crippen LogP contribution in [-0.2, 0) is 0 Å². The van der Waals surface area contributed by atoms with Gasteiger partial charge in [-0.25, -0.2) is 0 Å². The molecule has 1 heterocycles. The van der Waals surface area contributed by atoms with Crippen LogP contribution in [0.1, 0.15) is 17.0 Å². The van der Waals surface area contributed by atoms with Crippen molar-refractivity contribution in [2.45, 2.75) is 12.0 Å². The molecule has 1 aliphatic heterocycles. The summed E-state index contributed by atoms with van der Waals surface area (Å²) in [5, 5.41) is 15.8. The molecule has 208 valence electrons. The Kier molecular flexibility index (Phi) is 4.48. The van der Waals surface area contributed by atoms with Crippen molar-refractivity contribution in [3.63, 3.8) is 0 Å². The maximum absolute atomic E-state index is 6.82. The van der Waals surface area contributed by atoms with Crippen molar-refractivity contribution in [3.8, 4) is 16.9 Å². The first-order chi connectivity index (χ1) is 22.3. The molecule has 1 aliphatic carbocycles. The first-order valence-corrected chi connectivity index (χ1v) is 15.8. The topological polar surface area (TPSA) is 9.23 Å². The molecule has 9 aromatic carbocycles. The minimum atomic E-state index is -0.00975. The Morgan fingerprint density at radius 1 is 0.422 bits per heavy atom. The number of ether oxygens (including phenoxy) is 1. The van der Waals surface area contributed by atoms with E-state index in [2.05, 4.69) is 146 Å². The smallest absolute Gasteiger partial charge is 0.132 e. The van der Waals surface area contributed by atoms with Gasteiger partial charge < -0.3 is 4.74 Å². The van der Waals surface area contributed by atoms with Gasteiger partial charge in [-0.2, -0.15) is 0 Å². The fourth-order valence-electron chi connectivity index (χ4n) is 8.48. The number of rotatable bonds is 2. The molecule has 9 aromatic rings. The van der Waals surface area contributed by atoms with Crippen LogP contribution in [0, 0.1) is 0 Å². The van der Waals surface area contributed by atoms with Gasteiger partial charge >= 0.3 is 0 Å². The lowest BCUT2D eigenvalue weighted by atomic mass is 9.83. The van der Waals surface area contributed by atoms with Gasteiger partial charge in [0.1, 0.15) is 11.9 Å². The largest absolute Gasteiger partial charge is 0.484 e. The van der Waals surface area contributed by atoms with E-state index >= 15 is 0 Å². The fraction of sp³-hybridized carbons (Fsp3) is 0.0455. The van der Waals surface area contributed by atoms with E-state index in [1.54, 1.807) is 0 Å². The standard InChI is InChI=1S/C44H26O/c1-4-25-10-12-29-14-19-32(34-21-16-27(6-1)40(25)42(29)34)31-18-23-39-38(24-31)37-9-3-8-36(44(37)45-39)33-20-15-30-13-11-26-5-2-7-28-17-22-35(33)43(30)41(26)28/h1-24,38-39H. The molecule has 0 saturated heterocycles. The van der Waals surface area contributed by atoms with Gasteiger partial charge in [-0.1, -0.05) is 140 Å². The molecule has 0 radical (unpaired) electrons. The second kappa shape index (κ2) is 8.49. The van der Waals surface area contributed by atoms with E-state index in [9.17, 15) is 0 Å². The van der Waals surface area contributed by atoms with E-state index in [-0.39, 0.29) is 12.0 Å². The highest BCUT2D eigenvalue weighted by Crippen LogP contribution is 2.50. The first-order valence-electron chi connectivity index (χ1n) is 15.8. The molecule has 1 heteroatoms.